The Hall–Kier alpha value is -2.41. The third kappa shape index (κ3) is 6.85. The number of ether oxygens (including phenoxy) is 2. The summed E-state index contributed by atoms with van der Waals surface area (Å²) in [6.45, 7) is 6.35. The van der Waals surface area contributed by atoms with E-state index >= 15 is 0 Å². The molecule has 0 unspecified atom stereocenters. The Bertz CT molecular complexity index is 771. The summed E-state index contributed by atoms with van der Waals surface area (Å²) in [5.41, 5.74) is 2.92. The summed E-state index contributed by atoms with van der Waals surface area (Å²) >= 11 is 0. The minimum absolute atomic E-state index is 0.122. The summed E-state index contributed by atoms with van der Waals surface area (Å²) in [4.78, 5) is 17.1. The molecule has 1 N–H and O–H groups in total. The molecule has 3 rings (SSSR count). The largest absolute Gasteiger partial charge is 0.491 e. The fourth-order valence-corrected chi connectivity index (χ4v) is 3.18. The molecule has 6 heteroatoms. The molecule has 2 aromatic carbocycles. The Morgan fingerprint density at radius 2 is 1.76 bits per heavy atom. The lowest BCUT2D eigenvalue weighted by Crippen LogP contribution is -2.35. The number of amides is 1. The van der Waals surface area contributed by atoms with Crippen molar-refractivity contribution in [2.75, 3.05) is 53.6 Å². The van der Waals surface area contributed by atoms with E-state index in [0.717, 1.165) is 45.0 Å². The molecule has 0 aliphatic carbocycles. The maximum Gasteiger partial charge on any atom is 0.255 e. The van der Waals surface area contributed by atoms with Crippen LogP contribution in [0.4, 0.5) is 0 Å². The van der Waals surface area contributed by atoms with Crippen molar-refractivity contribution in [3.05, 3.63) is 65.2 Å². The second-order valence-electron chi connectivity index (χ2n) is 7.54. The number of nitrogens with one attached hydrogen (secondary N) is 1. The fraction of sp³-hybridized carbons (Fsp3) is 0.435. The average molecular weight is 398 g/mol. The van der Waals surface area contributed by atoms with Crippen LogP contribution >= 0.6 is 0 Å². The normalized spacial score (nSPS) is 14.7. The average Bonchev–Trinajstić information content (AvgIpc) is 2.74. The topological polar surface area (TPSA) is 54.0 Å². The van der Waals surface area contributed by atoms with Crippen LogP contribution in [0.25, 0.3) is 0 Å². The number of carbonyl (C=O) groups is 1. The van der Waals surface area contributed by atoms with Gasteiger partial charge in [0.1, 0.15) is 12.4 Å². The molecular weight excluding hydrogens is 366 g/mol. The van der Waals surface area contributed by atoms with Gasteiger partial charge in [-0.05, 0) is 37.4 Å². The second kappa shape index (κ2) is 11.0. The minimum atomic E-state index is -0.122. The Balaban J connectivity index is 1.51. The highest BCUT2D eigenvalue weighted by molar-refractivity contribution is 5.96. The first kappa shape index (κ1) is 21.3. The number of benzene rings is 2. The smallest absolute Gasteiger partial charge is 0.255 e. The summed E-state index contributed by atoms with van der Waals surface area (Å²) < 4.78 is 11.2. The molecular formula is C23H31N3O3. The maximum atomic E-state index is 12.6. The van der Waals surface area contributed by atoms with Gasteiger partial charge in [-0.2, -0.15) is 0 Å². The van der Waals surface area contributed by atoms with Gasteiger partial charge in [-0.1, -0.05) is 36.4 Å². The SMILES string of the molecule is CN(C)CCOc1ccccc1C(=O)NCc1ccc(CN2CCOCC2)cc1. The van der Waals surface area contributed by atoms with Gasteiger partial charge < -0.3 is 19.7 Å². The lowest BCUT2D eigenvalue weighted by molar-refractivity contribution is 0.0342. The van der Waals surface area contributed by atoms with E-state index in [0.29, 0.717) is 24.5 Å². The first-order valence-electron chi connectivity index (χ1n) is 10.1. The molecule has 1 fully saturated rings. The van der Waals surface area contributed by atoms with Crippen molar-refractivity contribution in [1.29, 1.82) is 0 Å². The van der Waals surface area contributed by atoms with E-state index in [-0.39, 0.29) is 5.91 Å². The van der Waals surface area contributed by atoms with Gasteiger partial charge in [0.2, 0.25) is 0 Å². The molecule has 1 aliphatic heterocycles. The molecule has 1 amide bonds. The number of para-hydroxylation sites is 1. The first-order valence-corrected chi connectivity index (χ1v) is 10.1. The minimum Gasteiger partial charge on any atom is -0.491 e. The van der Waals surface area contributed by atoms with Crippen LogP contribution in [-0.4, -0.2) is 69.3 Å². The molecule has 0 spiro atoms. The lowest BCUT2D eigenvalue weighted by Gasteiger charge is -2.26. The van der Waals surface area contributed by atoms with E-state index < -0.39 is 0 Å². The van der Waals surface area contributed by atoms with Crippen molar-refractivity contribution in [2.24, 2.45) is 0 Å². The summed E-state index contributed by atoms with van der Waals surface area (Å²) in [6, 6.07) is 15.8. The molecule has 0 bridgehead atoms. The molecule has 2 aromatic rings. The van der Waals surface area contributed by atoms with Gasteiger partial charge in [0, 0.05) is 32.7 Å². The van der Waals surface area contributed by atoms with E-state index in [2.05, 4.69) is 34.5 Å². The predicted molar refractivity (Wildman–Crippen MR) is 114 cm³/mol. The third-order valence-electron chi connectivity index (χ3n) is 4.91. The van der Waals surface area contributed by atoms with E-state index in [1.54, 1.807) is 6.07 Å². The van der Waals surface area contributed by atoms with Crippen LogP contribution in [0.3, 0.4) is 0 Å². The molecule has 0 atom stereocenters. The molecule has 1 heterocycles. The lowest BCUT2D eigenvalue weighted by atomic mass is 10.1. The zero-order chi connectivity index (χ0) is 20.5. The highest BCUT2D eigenvalue weighted by atomic mass is 16.5. The van der Waals surface area contributed by atoms with Crippen molar-refractivity contribution < 1.29 is 14.3 Å². The van der Waals surface area contributed by atoms with Crippen LogP contribution in [0.15, 0.2) is 48.5 Å². The molecule has 1 saturated heterocycles. The van der Waals surface area contributed by atoms with Crippen LogP contribution in [0, 0.1) is 0 Å². The monoisotopic (exact) mass is 397 g/mol. The van der Waals surface area contributed by atoms with Gasteiger partial charge in [0.25, 0.3) is 5.91 Å². The van der Waals surface area contributed by atoms with Gasteiger partial charge in [0.15, 0.2) is 0 Å². The van der Waals surface area contributed by atoms with Crippen LogP contribution < -0.4 is 10.1 Å². The zero-order valence-corrected chi connectivity index (χ0v) is 17.4. The summed E-state index contributed by atoms with van der Waals surface area (Å²) in [7, 11) is 3.99. The van der Waals surface area contributed by atoms with Crippen LogP contribution in [0.2, 0.25) is 0 Å². The van der Waals surface area contributed by atoms with E-state index in [1.165, 1.54) is 5.56 Å². The Labute approximate surface area is 173 Å². The van der Waals surface area contributed by atoms with Crippen molar-refractivity contribution in [1.82, 2.24) is 15.1 Å². The highest BCUT2D eigenvalue weighted by Gasteiger charge is 2.13. The van der Waals surface area contributed by atoms with Gasteiger partial charge in [-0.15, -0.1) is 0 Å². The van der Waals surface area contributed by atoms with Crippen LogP contribution in [-0.2, 0) is 17.8 Å². The third-order valence-corrected chi connectivity index (χ3v) is 4.91. The number of likely N-dealkylation sites (N-methyl/N-ethyl adjacent to an activating group) is 1. The standard InChI is InChI=1S/C23H31N3O3/c1-25(2)11-16-29-22-6-4-3-5-21(22)23(27)24-17-19-7-9-20(10-8-19)18-26-12-14-28-15-13-26/h3-10H,11-18H2,1-2H3,(H,24,27). The first-order chi connectivity index (χ1) is 14.1. The zero-order valence-electron chi connectivity index (χ0n) is 17.4. The number of hydrogen-bond donors (Lipinski definition) is 1. The number of carbonyl (C=O) groups excluding carboxylic acids is 1. The Morgan fingerprint density at radius 3 is 2.48 bits per heavy atom. The molecule has 1 aliphatic rings. The van der Waals surface area contributed by atoms with Crippen molar-refractivity contribution in [3.63, 3.8) is 0 Å². The van der Waals surface area contributed by atoms with Gasteiger partial charge >= 0.3 is 0 Å². The van der Waals surface area contributed by atoms with Gasteiger partial charge in [0.05, 0.1) is 18.8 Å². The molecule has 156 valence electrons. The van der Waals surface area contributed by atoms with Gasteiger partial charge in [-0.3, -0.25) is 9.69 Å². The van der Waals surface area contributed by atoms with E-state index in [4.69, 9.17) is 9.47 Å². The second-order valence-corrected chi connectivity index (χ2v) is 7.54. The summed E-state index contributed by atoms with van der Waals surface area (Å²) in [6.07, 6.45) is 0. The Kier molecular flexibility index (Phi) is 8.04. The number of nitrogens with zero attached hydrogens (tertiary/aromatic N) is 2. The summed E-state index contributed by atoms with van der Waals surface area (Å²) in [5.74, 6) is 0.496. The summed E-state index contributed by atoms with van der Waals surface area (Å²) in [5, 5.41) is 3.00. The molecule has 29 heavy (non-hydrogen) atoms. The molecule has 0 radical (unpaired) electrons. The van der Waals surface area contributed by atoms with Crippen molar-refractivity contribution in [2.45, 2.75) is 13.1 Å². The molecule has 0 aromatic heterocycles. The van der Waals surface area contributed by atoms with Crippen molar-refractivity contribution in [3.8, 4) is 5.75 Å². The van der Waals surface area contributed by atoms with E-state index in [9.17, 15) is 4.79 Å². The fourth-order valence-electron chi connectivity index (χ4n) is 3.18. The number of hydrogen-bond acceptors (Lipinski definition) is 5. The van der Waals surface area contributed by atoms with Crippen LogP contribution in [0.5, 0.6) is 5.75 Å². The Morgan fingerprint density at radius 1 is 1.07 bits per heavy atom. The highest BCUT2D eigenvalue weighted by Crippen LogP contribution is 2.18. The number of rotatable bonds is 9. The molecule has 6 nitrogen and oxygen atoms in total. The quantitative estimate of drug-likeness (QED) is 0.704. The van der Waals surface area contributed by atoms with Crippen LogP contribution in [0.1, 0.15) is 21.5 Å². The van der Waals surface area contributed by atoms with Crippen molar-refractivity contribution >= 4 is 5.91 Å². The van der Waals surface area contributed by atoms with Gasteiger partial charge in [-0.25, -0.2) is 0 Å². The molecule has 0 saturated carbocycles. The van der Waals surface area contributed by atoms with E-state index in [1.807, 2.05) is 37.2 Å². The predicted octanol–water partition coefficient (Wildman–Crippen LogP) is 2.39. The maximum absolute atomic E-state index is 12.6. The number of morpholine rings is 1.